The van der Waals surface area contributed by atoms with Gasteiger partial charge in [0.15, 0.2) is 0 Å². The van der Waals surface area contributed by atoms with Crippen molar-refractivity contribution in [1.82, 2.24) is 25.5 Å². The van der Waals surface area contributed by atoms with Crippen molar-refractivity contribution in [2.75, 3.05) is 5.75 Å². The zero-order valence-corrected chi connectivity index (χ0v) is 17.8. The number of hydrogen-bond acceptors (Lipinski definition) is 6. The van der Waals surface area contributed by atoms with Crippen LogP contribution in [0.2, 0.25) is 5.02 Å². The maximum absolute atomic E-state index is 13.3. The molecule has 0 bridgehead atoms. The average Bonchev–Trinajstić information content (AvgIpc) is 3.44. The lowest BCUT2D eigenvalue weighted by Gasteiger charge is -2.18. The molecule has 0 fully saturated rings. The molecular formula is C20H15ClFN5OS2. The molecule has 1 N–H and O–H groups in total. The molecule has 6 nitrogen and oxygen atoms in total. The van der Waals surface area contributed by atoms with Crippen LogP contribution in [0.4, 0.5) is 4.39 Å². The van der Waals surface area contributed by atoms with Crippen LogP contribution in [0, 0.1) is 5.82 Å². The fraction of sp³-hybridized carbons (Fsp3) is 0.100. The minimum atomic E-state index is -0.356. The number of aromatic nitrogens is 4. The number of carbonyl (C=O) groups excluding carboxylic acids is 1. The van der Waals surface area contributed by atoms with Crippen LogP contribution in [0.5, 0.6) is 0 Å². The highest BCUT2D eigenvalue weighted by Gasteiger charge is 2.19. The van der Waals surface area contributed by atoms with Gasteiger partial charge >= 0.3 is 0 Å². The molecule has 152 valence electrons. The number of nitrogens with one attached hydrogen (secondary N) is 1. The van der Waals surface area contributed by atoms with Crippen LogP contribution >= 0.6 is 34.7 Å². The first kappa shape index (κ1) is 20.5. The third-order valence-corrected chi connectivity index (χ3v) is 6.29. The monoisotopic (exact) mass is 459 g/mol. The Kier molecular flexibility index (Phi) is 6.41. The third-order valence-electron chi connectivity index (χ3n) is 4.18. The highest BCUT2D eigenvalue weighted by Crippen LogP contribution is 2.27. The molecule has 30 heavy (non-hydrogen) atoms. The molecule has 2 aromatic heterocycles. The second kappa shape index (κ2) is 9.38. The molecule has 0 aliphatic rings. The molecule has 2 aromatic carbocycles. The Morgan fingerprint density at radius 1 is 1.17 bits per heavy atom. The van der Waals surface area contributed by atoms with Gasteiger partial charge in [0.25, 0.3) is 0 Å². The predicted molar refractivity (Wildman–Crippen MR) is 116 cm³/mol. The zero-order chi connectivity index (χ0) is 20.9. The minimum absolute atomic E-state index is 0.122. The lowest BCUT2D eigenvalue weighted by molar-refractivity contribution is -0.119. The lowest BCUT2D eigenvalue weighted by Crippen LogP contribution is -2.30. The predicted octanol–water partition coefficient (Wildman–Crippen LogP) is 4.51. The van der Waals surface area contributed by atoms with Crippen LogP contribution in [-0.2, 0) is 4.79 Å². The summed E-state index contributed by atoms with van der Waals surface area (Å²) in [5.74, 6) is -0.384. The van der Waals surface area contributed by atoms with Crippen LogP contribution < -0.4 is 5.32 Å². The minimum Gasteiger partial charge on any atom is -0.344 e. The van der Waals surface area contributed by atoms with Crippen LogP contribution in [0.1, 0.15) is 16.5 Å². The van der Waals surface area contributed by atoms with Crippen molar-refractivity contribution in [1.29, 1.82) is 0 Å². The molecule has 0 spiro atoms. The summed E-state index contributed by atoms with van der Waals surface area (Å²) in [6, 6.07) is 16.7. The van der Waals surface area contributed by atoms with E-state index in [9.17, 15) is 9.18 Å². The van der Waals surface area contributed by atoms with Crippen molar-refractivity contribution < 1.29 is 9.18 Å². The van der Waals surface area contributed by atoms with Crippen molar-refractivity contribution >= 4 is 40.6 Å². The van der Waals surface area contributed by atoms with Gasteiger partial charge in [0.1, 0.15) is 5.82 Å². The summed E-state index contributed by atoms with van der Waals surface area (Å²) in [6.45, 7) is 0. The molecule has 1 amide bonds. The van der Waals surface area contributed by atoms with Gasteiger partial charge in [-0.3, -0.25) is 4.79 Å². The van der Waals surface area contributed by atoms with Crippen molar-refractivity contribution in [3.05, 3.63) is 87.3 Å². The lowest BCUT2D eigenvalue weighted by atomic mass is 10.1. The summed E-state index contributed by atoms with van der Waals surface area (Å²) >= 11 is 8.68. The molecule has 0 aliphatic heterocycles. The second-order valence-corrected chi connectivity index (χ2v) is 8.56. The van der Waals surface area contributed by atoms with E-state index < -0.39 is 0 Å². The molecule has 4 rings (SSSR count). The van der Waals surface area contributed by atoms with E-state index in [1.54, 1.807) is 41.1 Å². The highest BCUT2D eigenvalue weighted by molar-refractivity contribution is 7.99. The molecule has 0 saturated carbocycles. The molecule has 0 unspecified atom stereocenters. The van der Waals surface area contributed by atoms with Crippen LogP contribution in [0.25, 0.3) is 5.69 Å². The number of halogens is 2. The van der Waals surface area contributed by atoms with E-state index in [2.05, 4.69) is 20.8 Å². The SMILES string of the molecule is O=C(CSc1nnnn1-c1ccc(Cl)cc1)N[C@@H](c1ccc(F)cc1)c1cccs1. The summed E-state index contributed by atoms with van der Waals surface area (Å²) in [6.07, 6.45) is 0. The first-order valence-corrected chi connectivity index (χ1v) is 11.1. The quantitative estimate of drug-likeness (QED) is 0.411. The van der Waals surface area contributed by atoms with E-state index >= 15 is 0 Å². The van der Waals surface area contributed by atoms with Gasteiger partial charge in [-0.05, 0) is 63.8 Å². The smallest absolute Gasteiger partial charge is 0.231 e. The van der Waals surface area contributed by atoms with Gasteiger partial charge in [-0.25, -0.2) is 4.39 Å². The Morgan fingerprint density at radius 2 is 1.93 bits per heavy atom. The second-order valence-electron chi connectivity index (χ2n) is 6.21. The number of thiophene rings is 1. The van der Waals surface area contributed by atoms with Crippen molar-refractivity contribution in [2.24, 2.45) is 0 Å². The maximum atomic E-state index is 13.3. The van der Waals surface area contributed by atoms with Crippen LogP contribution in [0.15, 0.2) is 71.2 Å². The highest BCUT2D eigenvalue weighted by atomic mass is 35.5. The Morgan fingerprint density at radius 3 is 2.63 bits per heavy atom. The van der Waals surface area contributed by atoms with Gasteiger partial charge in [-0.2, -0.15) is 4.68 Å². The Balaban J connectivity index is 1.46. The van der Waals surface area contributed by atoms with E-state index in [-0.39, 0.29) is 23.5 Å². The fourth-order valence-corrected chi connectivity index (χ4v) is 4.41. The van der Waals surface area contributed by atoms with Gasteiger partial charge in [0.2, 0.25) is 11.1 Å². The summed E-state index contributed by atoms with van der Waals surface area (Å²) in [4.78, 5) is 13.6. The number of amides is 1. The topological polar surface area (TPSA) is 72.7 Å². The van der Waals surface area contributed by atoms with E-state index in [4.69, 9.17) is 11.6 Å². The number of nitrogens with zero attached hydrogens (tertiary/aromatic N) is 4. The third kappa shape index (κ3) is 4.86. The first-order chi connectivity index (χ1) is 14.6. The number of thioether (sulfide) groups is 1. The molecular weight excluding hydrogens is 445 g/mol. The van der Waals surface area contributed by atoms with E-state index in [0.717, 1.165) is 16.1 Å². The van der Waals surface area contributed by atoms with E-state index in [1.807, 2.05) is 17.5 Å². The van der Waals surface area contributed by atoms with Crippen molar-refractivity contribution in [2.45, 2.75) is 11.2 Å². The molecule has 4 aromatic rings. The van der Waals surface area contributed by atoms with Gasteiger partial charge < -0.3 is 5.32 Å². The Bertz CT molecular complexity index is 1120. The zero-order valence-electron chi connectivity index (χ0n) is 15.4. The number of rotatable bonds is 7. The summed E-state index contributed by atoms with van der Waals surface area (Å²) in [5.41, 5.74) is 1.55. The Labute approximate surface area is 185 Å². The van der Waals surface area contributed by atoms with Gasteiger partial charge in [0.05, 0.1) is 17.5 Å². The standard InChI is InChI=1S/C20H15ClFN5OS2/c21-14-5-9-16(10-6-14)27-20(24-25-26-27)30-12-18(28)23-19(17-2-1-11-29-17)13-3-7-15(22)8-4-13/h1-11,19H,12H2,(H,23,28)/t19-/m0/s1. The number of carbonyl (C=O) groups is 1. The summed E-state index contributed by atoms with van der Waals surface area (Å²) in [5, 5.41) is 17.7. The Hall–Kier alpha value is -2.75. The molecule has 10 heteroatoms. The van der Waals surface area contributed by atoms with E-state index in [0.29, 0.717) is 10.2 Å². The van der Waals surface area contributed by atoms with Crippen LogP contribution in [0.3, 0.4) is 0 Å². The van der Waals surface area contributed by atoms with Gasteiger partial charge in [0, 0.05) is 9.90 Å². The average molecular weight is 460 g/mol. The molecule has 0 radical (unpaired) electrons. The largest absolute Gasteiger partial charge is 0.344 e. The maximum Gasteiger partial charge on any atom is 0.231 e. The van der Waals surface area contributed by atoms with Crippen molar-refractivity contribution in [3.8, 4) is 5.69 Å². The van der Waals surface area contributed by atoms with Gasteiger partial charge in [-0.1, -0.05) is 41.6 Å². The number of hydrogen-bond donors (Lipinski definition) is 1. The fourth-order valence-electron chi connectivity index (χ4n) is 2.78. The molecule has 0 aliphatic carbocycles. The molecule has 1 atom stereocenters. The normalized spacial score (nSPS) is 11.9. The first-order valence-electron chi connectivity index (χ1n) is 8.85. The number of benzene rings is 2. The molecule has 2 heterocycles. The van der Waals surface area contributed by atoms with Crippen LogP contribution in [-0.4, -0.2) is 31.9 Å². The summed E-state index contributed by atoms with van der Waals surface area (Å²) in [7, 11) is 0. The number of tetrazole rings is 1. The van der Waals surface area contributed by atoms with E-state index in [1.165, 1.54) is 35.2 Å². The van der Waals surface area contributed by atoms with Gasteiger partial charge in [-0.15, -0.1) is 16.4 Å². The summed E-state index contributed by atoms with van der Waals surface area (Å²) < 4.78 is 14.9. The van der Waals surface area contributed by atoms with Crippen molar-refractivity contribution in [3.63, 3.8) is 0 Å². The molecule has 0 saturated heterocycles.